The summed E-state index contributed by atoms with van der Waals surface area (Å²) in [5, 5.41) is 6.04. The molecule has 0 unspecified atom stereocenters. The second-order valence-electron chi connectivity index (χ2n) is 6.09. The van der Waals surface area contributed by atoms with Gasteiger partial charge in [-0.3, -0.25) is 9.59 Å². The molecule has 0 spiro atoms. The molecule has 2 aromatic carbocycles. The Balaban J connectivity index is 1.73. The molecule has 1 N–H and O–H groups in total. The summed E-state index contributed by atoms with van der Waals surface area (Å²) in [6, 6.07) is 14.4. The Kier molecular flexibility index (Phi) is 5.88. The number of nitrogens with zero attached hydrogens (tertiary/aromatic N) is 2. The van der Waals surface area contributed by atoms with Crippen molar-refractivity contribution in [2.24, 2.45) is 0 Å². The van der Waals surface area contributed by atoms with Crippen LogP contribution in [0.15, 0.2) is 53.9 Å². The minimum atomic E-state index is -0.231. The number of para-hydroxylation sites is 1. The smallest absolute Gasteiger partial charge is 0.255 e. The summed E-state index contributed by atoms with van der Waals surface area (Å²) in [6.07, 6.45) is 0.117. The number of thiazole rings is 1. The zero-order valence-electron chi connectivity index (χ0n) is 14.9. The highest BCUT2D eigenvalue weighted by atomic mass is 35.5. The number of amides is 2. The molecule has 3 rings (SSSR count). The molecule has 0 bridgehead atoms. The van der Waals surface area contributed by atoms with Gasteiger partial charge in [0.25, 0.3) is 5.91 Å². The zero-order chi connectivity index (χ0) is 19.4. The zero-order valence-corrected chi connectivity index (χ0v) is 16.5. The minimum absolute atomic E-state index is 0.117. The van der Waals surface area contributed by atoms with Crippen LogP contribution in [0.5, 0.6) is 0 Å². The molecule has 0 atom stereocenters. The highest BCUT2D eigenvalue weighted by Crippen LogP contribution is 2.30. The van der Waals surface area contributed by atoms with Crippen LogP contribution in [0.25, 0.3) is 10.6 Å². The van der Waals surface area contributed by atoms with Crippen molar-refractivity contribution in [2.45, 2.75) is 6.42 Å². The summed E-state index contributed by atoms with van der Waals surface area (Å²) >= 11 is 7.65. The molecule has 7 heteroatoms. The van der Waals surface area contributed by atoms with E-state index in [1.54, 1.807) is 38.4 Å². The quantitative estimate of drug-likeness (QED) is 0.693. The SMILES string of the molecule is CN(C)C(=O)c1ccccc1NC(=O)Cc1csc(-c2ccccc2Cl)n1. The maximum Gasteiger partial charge on any atom is 0.255 e. The average molecular weight is 400 g/mol. The predicted octanol–water partition coefficient (Wildman–Crippen LogP) is 4.35. The fourth-order valence-electron chi connectivity index (χ4n) is 2.52. The molecule has 0 radical (unpaired) electrons. The van der Waals surface area contributed by atoms with E-state index in [4.69, 9.17) is 11.6 Å². The summed E-state index contributed by atoms with van der Waals surface area (Å²) in [7, 11) is 3.35. The number of rotatable bonds is 5. The second kappa shape index (κ2) is 8.33. The third-order valence-electron chi connectivity index (χ3n) is 3.84. The first-order chi connectivity index (χ1) is 13.0. The van der Waals surface area contributed by atoms with Gasteiger partial charge in [0, 0.05) is 25.0 Å². The normalized spacial score (nSPS) is 10.5. The van der Waals surface area contributed by atoms with Crippen LogP contribution in [-0.2, 0) is 11.2 Å². The molecule has 27 heavy (non-hydrogen) atoms. The number of carbonyl (C=O) groups is 2. The number of carbonyl (C=O) groups excluding carboxylic acids is 2. The Morgan fingerprint density at radius 2 is 1.81 bits per heavy atom. The van der Waals surface area contributed by atoms with Crippen LogP contribution in [0.1, 0.15) is 16.1 Å². The fourth-order valence-corrected chi connectivity index (χ4v) is 3.66. The molecule has 1 heterocycles. The van der Waals surface area contributed by atoms with Gasteiger partial charge in [-0.15, -0.1) is 11.3 Å². The van der Waals surface area contributed by atoms with Gasteiger partial charge in [-0.25, -0.2) is 4.98 Å². The lowest BCUT2D eigenvalue weighted by Crippen LogP contribution is -2.24. The largest absolute Gasteiger partial charge is 0.345 e. The van der Waals surface area contributed by atoms with E-state index >= 15 is 0 Å². The molecule has 5 nitrogen and oxygen atoms in total. The summed E-state index contributed by atoms with van der Waals surface area (Å²) < 4.78 is 0. The lowest BCUT2D eigenvalue weighted by molar-refractivity contribution is -0.115. The lowest BCUT2D eigenvalue weighted by Gasteiger charge is -2.14. The van der Waals surface area contributed by atoms with Crippen LogP contribution in [-0.4, -0.2) is 35.8 Å². The van der Waals surface area contributed by atoms with Gasteiger partial charge in [-0.1, -0.05) is 41.9 Å². The standard InChI is InChI=1S/C20H18ClN3O2S/c1-24(2)20(26)15-8-4-6-10-17(15)23-18(25)11-13-12-27-19(22-13)14-7-3-5-9-16(14)21/h3-10,12H,11H2,1-2H3,(H,23,25). The van der Waals surface area contributed by atoms with E-state index in [1.165, 1.54) is 16.2 Å². The summed E-state index contributed by atoms with van der Waals surface area (Å²) in [5.41, 5.74) is 2.44. The third-order valence-corrected chi connectivity index (χ3v) is 5.09. The highest BCUT2D eigenvalue weighted by molar-refractivity contribution is 7.13. The Morgan fingerprint density at radius 1 is 1.11 bits per heavy atom. The van der Waals surface area contributed by atoms with Crippen molar-refractivity contribution in [3.63, 3.8) is 0 Å². The number of benzene rings is 2. The molecule has 138 valence electrons. The molecular weight excluding hydrogens is 382 g/mol. The molecule has 0 aliphatic carbocycles. The Morgan fingerprint density at radius 3 is 2.56 bits per heavy atom. The van der Waals surface area contributed by atoms with Crippen molar-refractivity contribution in [3.8, 4) is 10.6 Å². The number of hydrogen-bond donors (Lipinski definition) is 1. The van der Waals surface area contributed by atoms with Crippen molar-refractivity contribution in [1.82, 2.24) is 9.88 Å². The van der Waals surface area contributed by atoms with E-state index in [1.807, 2.05) is 29.6 Å². The van der Waals surface area contributed by atoms with Gasteiger partial charge in [0.05, 0.1) is 28.4 Å². The van der Waals surface area contributed by atoms with Crippen LogP contribution < -0.4 is 5.32 Å². The lowest BCUT2D eigenvalue weighted by atomic mass is 10.1. The van der Waals surface area contributed by atoms with Gasteiger partial charge in [-0.05, 0) is 18.2 Å². The fraction of sp³-hybridized carbons (Fsp3) is 0.150. The first-order valence-corrected chi connectivity index (χ1v) is 9.51. The minimum Gasteiger partial charge on any atom is -0.345 e. The van der Waals surface area contributed by atoms with Crippen molar-refractivity contribution < 1.29 is 9.59 Å². The maximum absolute atomic E-state index is 12.4. The van der Waals surface area contributed by atoms with Crippen LogP contribution in [0.3, 0.4) is 0 Å². The molecule has 2 amide bonds. The number of anilines is 1. The number of nitrogens with one attached hydrogen (secondary N) is 1. The van der Waals surface area contributed by atoms with Gasteiger partial charge in [0.15, 0.2) is 0 Å². The number of halogens is 1. The Bertz CT molecular complexity index is 985. The monoisotopic (exact) mass is 399 g/mol. The van der Waals surface area contributed by atoms with Gasteiger partial charge < -0.3 is 10.2 Å². The first kappa shape index (κ1) is 19.1. The highest BCUT2D eigenvalue weighted by Gasteiger charge is 2.16. The first-order valence-electron chi connectivity index (χ1n) is 8.25. The average Bonchev–Trinajstić information content (AvgIpc) is 3.10. The molecule has 0 saturated heterocycles. The van der Waals surface area contributed by atoms with Crippen LogP contribution in [0.2, 0.25) is 5.02 Å². The van der Waals surface area contributed by atoms with E-state index in [-0.39, 0.29) is 18.2 Å². The molecule has 3 aromatic rings. The molecule has 0 fully saturated rings. The maximum atomic E-state index is 12.4. The van der Waals surface area contributed by atoms with Crippen LogP contribution in [0.4, 0.5) is 5.69 Å². The molecule has 1 aromatic heterocycles. The van der Waals surface area contributed by atoms with Crippen LogP contribution in [0, 0.1) is 0 Å². The van der Waals surface area contributed by atoms with Crippen molar-refractivity contribution >= 4 is 40.4 Å². The summed E-state index contributed by atoms with van der Waals surface area (Å²) in [5.74, 6) is -0.398. The van der Waals surface area contributed by atoms with E-state index < -0.39 is 0 Å². The summed E-state index contributed by atoms with van der Waals surface area (Å²) in [6.45, 7) is 0. The van der Waals surface area contributed by atoms with Gasteiger partial charge in [-0.2, -0.15) is 0 Å². The van der Waals surface area contributed by atoms with Crippen molar-refractivity contribution in [3.05, 3.63) is 70.2 Å². The molecular formula is C20H18ClN3O2S. The van der Waals surface area contributed by atoms with Crippen molar-refractivity contribution in [1.29, 1.82) is 0 Å². The molecule has 0 aliphatic heterocycles. The summed E-state index contributed by atoms with van der Waals surface area (Å²) in [4.78, 5) is 30.7. The Hall–Kier alpha value is -2.70. The van der Waals surface area contributed by atoms with E-state index in [9.17, 15) is 9.59 Å². The van der Waals surface area contributed by atoms with Crippen molar-refractivity contribution in [2.75, 3.05) is 19.4 Å². The van der Waals surface area contributed by atoms with E-state index in [2.05, 4.69) is 10.3 Å². The van der Waals surface area contributed by atoms with Crippen LogP contribution >= 0.6 is 22.9 Å². The van der Waals surface area contributed by atoms with Gasteiger partial charge in [0.2, 0.25) is 5.91 Å². The topological polar surface area (TPSA) is 62.3 Å². The number of hydrogen-bond acceptors (Lipinski definition) is 4. The second-order valence-corrected chi connectivity index (χ2v) is 7.36. The predicted molar refractivity (Wildman–Crippen MR) is 109 cm³/mol. The molecule has 0 saturated carbocycles. The third kappa shape index (κ3) is 4.53. The van der Waals surface area contributed by atoms with Gasteiger partial charge >= 0.3 is 0 Å². The number of aromatic nitrogens is 1. The van der Waals surface area contributed by atoms with E-state index in [0.29, 0.717) is 22.0 Å². The van der Waals surface area contributed by atoms with Gasteiger partial charge in [0.1, 0.15) is 5.01 Å². The Labute approximate surface area is 166 Å². The molecule has 0 aliphatic rings. The van der Waals surface area contributed by atoms with E-state index in [0.717, 1.165) is 10.6 Å².